The van der Waals surface area contributed by atoms with Gasteiger partial charge in [-0.25, -0.2) is 4.79 Å². The number of aliphatic carboxylic acids is 1. The Hall–Kier alpha value is -1.79. The van der Waals surface area contributed by atoms with Gasteiger partial charge in [-0.3, -0.25) is 4.79 Å². The molecule has 4 nitrogen and oxygen atoms in total. The highest BCUT2D eigenvalue weighted by Gasteiger charge is 2.35. The van der Waals surface area contributed by atoms with Gasteiger partial charge in [-0.1, -0.05) is 6.08 Å². The second-order valence-corrected chi connectivity index (χ2v) is 2.34. The van der Waals surface area contributed by atoms with Gasteiger partial charge in [0.25, 0.3) is 5.78 Å². The normalized spacial score (nSPS) is 12.2. The number of hydrogen-bond acceptors (Lipinski definition) is 3. The van der Waals surface area contributed by atoms with E-state index < -0.39 is 17.9 Å². The van der Waals surface area contributed by atoms with E-state index in [1.54, 1.807) is 0 Å². The predicted molar refractivity (Wildman–Crippen MR) is 45.0 cm³/mol. The SMILES string of the molecule is O=C(O)/C=C/CN/C=C/C(=O)C(F)(F)F. The van der Waals surface area contributed by atoms with Crippen LogP contribution in [0, 0.1) is 0 Å². The van der Waals surface area contributed by atoms with Crippen molar-refractivity contribution in [3.63, 3.8) is 0 Å². The minimum absolute atomic E-state index is 0.0218. The molecule has 0 aliphatic carbocycles. The molecule has 0 aromatic carbocycles. The minimum Gasteiger partial charge on any atom is -0.478 e. The van der Waals surface area contributed by atoms with Gasteiger partial charge in [0.05, 0.1) is 0 Å². The lowest BCUT2D eigenvalue weighted by molar-refractivity contribution is -0.165. The molecule has 0 unspecified atom stereocenters. The topological polar surface area (TPSA) is 66.4 Å². The molecule has 0 rings (SSSR count). The molecule has 0 aromatic rings. The van der Waals surface area contributed by atoms with Gasteiger partial charge in [-0.2, -0.15) is 13.2 Å². The van der Waals surface area contributed by atoms with Gasteiger partial charge in [0.1, 0.15) is 0 Å². The Kier molecular flexibility index (Phi) is 5.14. The molecule has 0 radical (unpaired) electrons. The molecule has 0 aliphatic heterocycles. The lowest BCUT2D eigenvalue weighted by Crippen LogP contribution is -2.20. The van der Waals surface area contributed by atoms with Crippen LogP contribution in [0.2, 0.25) is 0 Å². The van der Waals surface area contributed by atoms with Crippen LogP contribution in [0.5, 0.6) is 0 Å². The summed E-state index contributed by atoms with van der Waals surface area (Å²) in [6.45, 7) is 0.0218. The van der Waals surface area contributed by atoms with Gasteiger partial charge in [-0.05, 0) is 0 Å². The zero-order chi connectivity index (χ0) is 11.9. The van der Waals surface area contributed by atoms with Crippen molar-refractivity contribution >= 4 is 11.8 Å². The summed E-state index contributed by atoms with van der Waals surface area (Å²) >= 11 is 0. The molecule has 0 saturated heterocycles. The molecule has 0 bridgehead atoms. The maximum Gasteiger partial charge on any atom is 0.454 e. The number of alkyl halides is 3. The fourth-order valence-corrected chi connectivity index (χ4v) is 0.525. The molecule has 0 atom stereocenters. The standard InChI is InChI=1S/C8H8F3NO3/c9-8(10,11)6(13)3-5-12-4-1-2-7(14)15/h1-3,5,12H,4H2,(H,14,15)/b2-1+,5-3+. The summed E-state index contributed by atoms with van der Waals surface area (Å²) in [7, 11) is 0. The van der Waals surface area contributed by atoms with E-state index >= 15 is 0 Å². The van der Waals surface area contributed by atoms with Crippen LogP contribution in [-0.2, 0) is 9.59 Å². The van der Waals surface area contributed by atoms with Crippen molar-refractivity contribution < 1.29 is 27.9 Å². The first-order valence-electron chi connectivity index (χ1n) is 3.74. The summed E-state index contributed by atoms with van der Waals surface area (Å²) in [6, 6.07) is 0. The predicted octanol–water partition coefficient (Wildman–Crippen LogP) is 0.862. The van der Waals surface area contributed by atoms with Crippen LogP contribution in [-0.4, -0.2) is 29.6 Å². The van der Waals surface area contributed by atoms with Crippen LogP contribution < -0.4 is 5.32 Å². The lowest BCUT2D eigenvalue weighted by Gasteiger charge is -1.99. The summed E-state index contributed by atoms with van der Waals surface area (Å²) in [5.74, 6) is -3.13. The van der Waals surface area contributed by atoms with Crippen molar-refractivity contribution in [3.05, 3.63) is 24.4 Å². The number of rotatable bonds is 5. The number of hydrogen-bond donors (Lipinski definition) is 2. The van der Waals surface area contributed by atoms with Crippen molar-refractivity contribution in [1.82, 2.24) is 5.32 Å². The summed E-state index contributed by atoms with van der Waals surface area (Å²) in [6.07, 6.45) is -1.73. The molecule has 7 heteroatoms. The molecule has 0 heterocycles. The van der Waals surface area contributed by atoms with Crippen molar-refractivity contribution in [3.8, 4) is 0 Å². The Bertz CT molecular complexity index is 294. The Balaban J connectivity index is 3.83. The smallest absolute Gasteiger partial charge is 0.454 e. The molecule has 84 valence electrons. The van der Waals surface area contributed by atoms with Gasteiger partial charge in [0, 0.05) is 24.9 Å². The third-order valence-corrected chi connectivity index (χ3v) is 1.13. The van der Waals surface area contributed by atoms with Crippen LogP contribution in [0.1, 0.15) is 0 Å². The zero-order valence-corrected chi connectivity index (χ0v) is 7.41. The second-order valence-electron chi connectivity index (χ2n) is 2.34. The van der Waals surface area contributed by atoms with E-state index in [1.165, 1.54) is 6.08 Å². The van der Waals surface area contributed by atoms with Crippen LogP contribution in [0.4, 0.5) is 13.2 Å². The minimum atomic E-state index is -4.88. The number of carboxylic acids is 1. The van der Waals surface area contributed by atoms with E-state index in [9.17, 15) is 22.8 Å². The van der Waals surface area contributed by atoms with Gasteiger partial charge in [0.2, 0.25) is 0 Å². The average Bonchev–Trinajstić information content (AvgIpc) is 2.08. The van der Waals surface area contributed by atoms with Gasteiger partial charge < -0.3 is 10.4 Å². The van der Waals surface area contributed by atoms with E-state index in [2.05, 4.69) is 5.32 Å². The first kappa shape index (κ1) is 13.2. The molecule has 2 N–H and O–H groups in total. The average molecular weight is 223 g/mol. The first-order valence-corrected chi connectivity index (χ1v) is 3.74. The Morgan fingerprint density at radius 2 is 1.87 bits per heavy atom. The van der Waals surface area contributed by atoms with Crippen molar-refractivity contribution in [2.75, 3.05) is 6.54 Å². The van der Waals surface area contributed by atoms with E-state index in [-0.39, 0.29) is 6.54 Å². The van der Waals surface area contributed by atoms with Crippen LogP contribution in [0.3, 0.4) is 0 Å². The maximum atomic E-state index is 11.6. The Labute approximate surface area is 83.1 Å². The van der Waals surface area contributed by atoms with Gasteiger partial charge in [0.15, 0.2) is 0 Å². The number of carbonyl (C=O) groups excluding carboxylic acids is 1. The van der Waals surface area contributed by atoms with E-state index in [4.69, 9.17) is 5.11 Å². The van der Waals surface area contributed by atoms with Gasteiger partial charge in [-0.15, -0.1) is 0 Å². The summed E-state index contributed by atoms with van der Waals surface area (Å²) in [5.41, 5.74) is 0. The molecule has 0 saturated carbocycles. The molecule has 0 amide bonds. The largest absolute Gasteiger partial charge is 0.478 e. The van der Waals surface area contributed by atoms with Crippen LogP contribution in [0.15, 0.2) is 24.4 Å². The number of nitrogens with one attached hydrogen (secondary N) is 1. The summed E-state index contributed by atoms with van der Waals surface area (Å²) < 4.78 is 34.8. The first-order chi connectivity index (χ1) is 6.84. The van der Waals surface area contributed by atoms with Crippen LogP contribution in [0.25, 0.3) is 0 Å². The Morgan fingerprint density at radius 3 is 2.33 bits per heavy atom. The zero-order valence-electron chi connectivity index (χ0n) is 7.41. The van der Waals surface area contributed by atoms with Gasteiger partial charge >= 0.3 is 12.1 Å². The van der Waals surface area contributed by atoms with E-state index in [1.807, 2.05) is 0 Å². The second kappa shape index (κ2) is 5.84. The van der Waals surface area contributed by atoms with Crippen molar-refractivity contribution in [2.24, 2.45) is 0 Å². The lowest BCUT2D eigenvalue weighted by atomic mass is 10.4. The highest BCUT2D eigenvalue weighted by atomic mass is 19.4. The molecule has 0 fully saturated rings. The van der Waals surface area contributed by atoms with Crippen molar-refractivity contribution in [2.45, 2.75) is 6.18 Å². The number of carbonyl (C=O) groups is 2. The fourth-order valence-electron chi connectivity index (χ4n) is 0.525. The third-order valence-electron chi connectivity index (χ3n) is 1.13. The molecular weight excluding hydrogens is 215 g/mol. The van der Waals surface area contributed by atoms with Crippen molar-refractivity contribution in [1.29, 1.82) is 0 Å². The monoisotopic (exact) mass is 223 g/mol. The van der Waals surface area contributed by atoms with Crippen LogP contribution >= 0.6 is 0 Å². The number of carboxylic acid groups (broad SMARTS) is 1. The fraction of sp³-hybridized carbons (Fsp3) is 0.250. The molecular formula is C8H8F3NO3. The quantitative estimate of drug-likeness (QED) is 0.536. The van der Waals surface area contributed by atoms with E-state index in [0.717, 1.165) is 12.3 Å². The summed E-state index contributed by atoms with van der Waals surface area (Å²) in [5, 5.41) is 10.4. The third kappa shape index (κ3) is 7.29. The molecule has 0 aliphatic rings. The Morgan fingerprint density at radius 1 is 1.27 bits per heavy atom. The molecule has 0 spiro atoms. The molecule has 0 aromatic heterocycles. The highest BCUT2D eigenvalue weighted by molar-refractivity contribution is 5.94. The number of ketones is 1. The number of allylic oxidation sites excluding steroid dienone is 1. The number of halogens is 3. The molecule has 15 heavy (non-hydrogen) atoms. The van der Waals surface area contributed by atoms with E-state index in [0.29, 0.717) is 6.08 Å². The highest BCUT2D eigenvalue weighted by Crippen LogP contribution is 2.15. The summed E-state index contributed by atoms with van der Waals surface area (Å²) in [4.78, 5) is 20.2. The maximum absolute atomic E-state index is 11.6.